The number of nitrogens with zero attached hydrogens (tertiary/aromatic N) is 1. The van der Waals surface area contributed by atoms with E-state index < -0.39 is 10.8 Å². The van der Waals surface area contributed by atoms with Crippen molar-refractivity contribution in [2.24, 2.45) is 0 Å². The van der Waals surface area contributed by atoms with E-state index in [1.54, 1.807) is 12.5 Å². The van der Waals surface area contributed by atoms with Crippen LogP contribution < -0.4 is 10.1 Å². The van der Waals surface area contributed by atoms with E-state index in [0.717, 1.165) is 16.0 Å². The van der Waals surface area contributed by atoms with Crippen LogP contribution in [0.4, 0.5) is 0 Å². The Morgan fingerprint density at radius 2 is 1.87 bits per heavy atom. The molecule has 0 unspecified atom stereocenters. The molecular formula is C18H24N2O2S. The van der Waals surface area contributed by atoms with Crippen LogP contribution in [0.5, 0.6) is 5.88 Å². The summed E-state index contributed by atoms with van der Waals surface area (Å²) in [5.41, 5.74) is 2.20. The quantitative estimate of drug-likeness (QED) is 0.844. The zero-order valence-electron chi connectivity index (χ0n) is 14.1. The number of hydrogen-bond acceptors (Lipinski definition) is 4. The van der Waals surface area contributed by atoms with E-state index in [-0.39, 0.29) is 12.1 Å². The molecule has 23 heavy (non-hydrogen) atoms. The van der Waals surface area contributed by atoms with Crippen molar-refractivity contribution in [3.63, 3.8) is 0 Å². The van der Waals surface area contributed by atoms with Crippen molar-refractivity contribution >= 4 is 10.8 Å². The number of hydrogen-bond donors (Lipinski definition) is 1. The van der Waals surface area contributed by atoms with Gasteiger partial charge in [-0.05, 0) is 44.5 Å². The molecule has 2 aromatic rings. The first-order valence-corrected chi connectivity index (χ1v) is 9.30. The van der Waals surface area contributed by atoms with Crippen LogP contribution in [0.3, 0.4) is 0 Å². The fourth-order valence-corrected chi connectivity index (χ4v) is 2.74. The van der Waals surface area contributed by atoms with E-state index in [1.807, 2.05) is 50.2 Å². The van der Waals surface area contributed by atoms with Gasteiger partial charge in [0.1, 0.15) is 0 Å². The topological polar surface area (TPSA) is 51.2 Å². The molecule has 0 radical (unpaired) electrons. The normalized spacial score (nSPS) is 13.8. The minimum atomic E-state index is -0.938. The van der Waals surface area contributed by atoms with Gasteiger partial charge < -0.3 is 10.1 Å². The highest BCUT2D eigenvalue weighted by Crippen LogP contribution is 2.19. The van der Waals surface area contributed by atoms with Crippen molar-refractivity contribution in [2.75, 3.05) is 6.26 Å². The highest BCUT2D eigenvalue weighted by molar-refractivity contribution is 7.84. The minimum Gasteiger partial charge on any atom is -0.475 e. The van der Waals surface area contributed by atoms with Gasteiger partial charge >= 0.3 is 0 Å². The Balaban J connectivity index is 2.01. The standard InChI is InChI=1S/C18H24N2O2S/c1-13(2)22-18-16(6-5-11-19-18)12-20-14(3)15-7-9-17(10-8-15)23(4)21/h5-11,13-14,20H,12H2,1-4H3/t14-,23-/m0/s1. The summed E-state index contributed by atoms with van der Waals surface area (Å²) in [7, 11) is -0.938. The summed E-state index contributed by atoms with van der Waals surface area (Å²) in [5.74, 6) is 0.680. The van der Waals surface area contributed by atoms with E-state index in [2.05, 4.69) is 17.2 Å². The highest BCUT2D eigenvalue weighted by atomic mass is 32.2. The van der Waals surface area contributed by atoms with Gasteiger partial charge in [-0.1, -0.05) is 18.2 Å². The van der Waals surface area contributed by atoms with Gasteiger partial charge in [0.15, 0.2) is 0 Å². The molecule has 0 aliphatic carbocycles. The smallest absolute Gasteiger partial charge is 0.218 e. The first-order valence-electron chi connectivity index (χ1n) is 7.74. The molecule has 2 rings (SSSR count). The molecule has 0 spiro atoms. The molecule has 0 aliphatic heterocycles. The lowest BCUT2D eigenvalue weighted by molar-refractivity contribution is 0.229. The maximum Gasteiger partial charge on any atom is 0.218 e. The molecule has 124 valence electrons. The highest BCUT2D eigenvalue weighted by Gasteiger charge is 2.10. The molecule has 0 saturated carbocycles. The summed E-state index contributed by atoms with van der Waals surface area (Å²) in [5, 5.41) is 3.48. The Morgan fingerprint density at radius 1 is 1.17 bits per heavy atom. The average molecular weight is 332 g/mol. The molecule has 0 aliphatic rings. The van der Waals surface area contributed by atoms with Gasteiger partial charge in [-0.3, -0.25) is 4.21 Å². The second-order valence-corrected chi connectivity index (χ2v) is 7.14. The van der Waals surface area contributed by atoms with Gasteiger partial charge in [0.05, 0.1) is 6.10 Å². The second kappa shape index (κ2) is 8.22. The van der Waals surface area contributed by atoms with Gasteiger partial charge in [-0.15, -0.1) is 0 Å². The van der Waals surface area contributed by atoms with Crippen molar-refractivity contribution in [1.29, 1.82) is 0 Å². The molecule has 4 nitrogen and oxygen atoms in total. The zero-order chi connectivity index (χ0) is 16.8. The Labute approximate surface area is 140 Å². The number of aromatic nitrogens is 1. The van der Waals surface area contributed by atoms with Gasteiger partial charge in [0.2, 0.25) is 5.88 Å². The SMILES string of the molecule is CC(C)Oc1ncccc1CN[C@@H](C)c1ccc([S@](C)=O)cc1. The average Bonchev–Trinajstić information content (AvgIpc) is 2.53. The van der Waals surface area contributed by atoms with Gasteiger partial charge in [0.25, 0.3) is 0 Å². The third kappa shape index (κ3) is 5.15. The molecule has 0 fully saturated rings. The number of ether oxygens (including phenoxy) is 1. The Morgan fingerprint density at radius 3 is 2.48 bits per heavy atom. The van der Waals surface area contributed by atoms with Crippen LogP contribution in [-0.2, 0) is 17.3 Å². The first-order chi connectivity index (χ1) is 11.0. The molecule has 0 bridgehead atoms. The van der Waals surface area contributed by atoms with Crippen molar-refractivity contribution < 1.29 is 8.95 Å². The van der Waals surface area contributed by atoms with E-state index in [0.29, 0.717) is 12.4 Å². The van der Waals surface area contributed by atoms with Crippen LogP contribution in [-0.4, -0.2) is 21.6 Å². The van der Waals surface area contributed by atoms with Crippen LogP contribution in [0.25, 0.3) is 0 Å². The van der Waals surface area contributed by atoms with E-state index in [9.17, 15) is 4.21 Å². The van der Waals surface area contributed by atoms with Crippen LogP contribution in [0.15, 0.2) is 47.5 Å². The summed E-state index contributed by atoms with van der Waals surface area (Å²) in [4.78, 5) is 5.15. The molecule has 0 saturated heterocycles. The summed E-state index contributed by atoms with van der Waals surface area (Å²) >= 11 is 0. The summed E-state index contributed by atoms with van der Waals surface area (Å²) in [6, 6.07) is 12.0. The molecule has 2 atom stereocenters. The molecule has 1 heterocycles. The fraction of sp³-hybridized carbons (Fsp3) is 0.389. The third-order valence-corrected chi connectivity index (χ3v) is 4.44. The van der Waals surface area contributed by atoms with Gasteiger partial charge in [0, 0.05) is 46.3 Å². The molecular weight excluding hydrogens is 308 g/mol. The van der Waals surface area contributed by atoms with Crippen LogP contribution in [0.1, 0.15) is 37.9 Å². The predicted molar refractivity (Wildman–Crippen MR) is 94.0 cm³/mol. The maximum atomic E-state index is 11.4. The monoisotopic (exact) mass is 332 g/mol. The fourth-order valence-electron chi connectivity index (χ4n) is 2.22. The van der Waals surface area contributed by atoms with Crippen molar-refractivity contribution in [3.8, 4) is 5.88 Å². The summed E-state index contributed by atoms with van der Waals surface area (Å²) in [6.45, 7) is 6.78. The molecule has 1 aromatic heterocycles. The second-order valence-electron chi connectivity index (χ2n) is 5.76. The molecule has 1 N–H and O–H groups in total. The molecule has 1 aromatic carbocycles. The molecule has 0 amide bonds. The Kier molecular flexibility index (Phi) is 6.30. The van der Waals surface area contributed by atoms with E-state index in [4.69, 9.17) is 4.74 Å². The third-order valence-electron chi connectivity index (χ3n) is 3.51. The number of benzene rings is 1. The van der Waals surface area contributed by atoms with E-state index in [1.165, 1.54) is 0 Å². The van der Waals surface area contributed by atoms with Crippen molar-refractivity contribution in [1.82, 2.24) is 10.3 Å². The van der Waals surface area contributed by atoms with Crippen molar-refractivity contribution in [3.05, 3.63) is 53.7 Å². The zero-order valence-corrected chi connectivity index (χ0v) is 14.9. The Bertz CT molecular complexity index is 656. The predicted octanol–water partition coefficient (Wildman–Crippen LogP) is 3.46. The lowest BCUT2D eigenvalue weighted by Crippen LogP contribution is -2.19. The van der Waals surface area contributed by atoms with Crippen LogP contribution in [0, 0.1) is 0 Å². The number of rotatable bonds is 7. The largest absolute Gasteiger partial charge is 0.475 e. The lowest BCUT2D eigenvalue weighted by atomic mass is 10.1. The Hall–Kier alpha value is -1.72. The first kappa shape index (κ1) is 17.6. The van der Waals surface area contributed by atoms with Gasteiger partial charge in [-0.2, -0.15) is 0 Å². The molecule has 5 heteroatoms. The summed E-state index contributed by atoms with van der Waals surface area (Å²) < 4.78 is 17.2. The minimum absolute atomic E-state index is 0.100. The van der Waals surface area contributed by atoms with E-state index >= 15 is 0 Å². The lowest BCUT2D eigenvalue weighted by Gasteiger charge is -2.17. The summed E-state index contributed by atoms with van der Waals surface area (Å²) in [6.07, 6.45) is 3.53. The van der Waals surface area contributed by atoms with Crippen molar-refractivity contribution in [2.45, 2.75) is 44.4 Å². The number of pyridine rings is 1. The van der Waals surface area contributed by atoms with Gasteiger partial charge in [-0.25, -0.2) is 4.98 Å². The number of nitrogens with one attached hydrogen (secondary N) is 1. The maximum absolute atomic E-state index is 11.4. The van der Waals surface area contributed by atoms with Crippen LogP contribution in [0.2, 0.25) is 0 Å². The van der Waals surface area contributed by atoms with Crippen LogP contribution >= 0.6 is 0 Å².